The highest BCUT2D eigenvalue weighted by Gasteiger charge is 2.36. The van der Waals surface area contributed by atoms with Crippen LogP contribution in [0.1, 0.15) is 53.9 Å². The van der Waals surface area contributed by atoms with Gasteiger partial charge in [0.1, 0.15) is 12.2 Å². The number of methoxy groups -OCH3 is 3. The number of ether oxygens (including phenoxy) is 5. The third-order valence-corrected chi connectivity index (χ3v) is 7.11. The van der Waals surface area contributed by atoms with E-state index < -0.39 is 42.3 Å². The molecule has 0 aromatic rings. The van der Waals surface area contributed by atoms with Crippen LogP contribution in [-0.2, 0) is 38.1 Å². The molecule has 0 aromatic carbocycles. The molecule has 0 heterocycles. The van der Waals surface area contributed by atoms with Crippen LogP contribution in [0.2, 0.25) is 0 Å². The molecular weight excluding hydrogens is 510 g/mol. The van der Waals surface area contributed by atoms with Crippen molar-refractivity contribution in [1.82, 2.24) is 4.90 Å². The lowest BCUT2D eigenvalue weighted by Gasteiger charge is -2.34. The molecule has 0 radical (unpaired) electrons. The average Bonchev–Trinajstić information content (AvgIpc) is 2.92. The molecule has 39 heavy (non-hydrogen) atoms. The normalized spacial score (nSPS) is 18.7. The summed E-state index contributed by atoms with van der Waals surface area (Å²) in [6, 6.07) is 0. The summed E-state index contributed by atoms with van der Waals surface area (Å²) in [5, 5.41) is 19.8. The third kappa shape index (κ3) is 13.7. The average molecular weight is 562 g/mol. The Balaban J connectivity index is 5.96. The van der Waals surface area contributed by atoms with Gasteiger partial charge in [0.15, 0.2) is 6.10 Å². The first kappa shape index (κ1) is 37.0. The van der Waals surface area contributed by atoms with Crippen molar-refractivity contribution in [2.24, 2.45) is 23.7 Å². The summed E-state index contributed by atoms with van der Waals surface area (Å²) in [5.41, 5.74) is 0. The fraction of sp³-hybridized carbons (Fsp3) is 0.821. The lowest BCUT2D eigenvalue weighted by Crippen LogP contribution is -2.42. The number of hydrogen-bond acceptors (Lipinski definition) is 10. The smallest absolute Gasteiger partial charge is 0.337 e. The summed E-state index contributed by atoms with van der Waals surface area (Å²) >= 11 is 0. The Morgan fingerprint density at radius 2 is 1.59 bits per heavy atom. The Bertz CT molecular complexity index is 733. The van der Waals surface area contributed by atoms with Crippen LogP contribution >= 0.6 is 0 Å². The highest BCUT2D eigenvalue weighted by Crippen LogP contribution is 2.29. The maximum Gasteiger partial charge on any atom is 0.337 e. The number of nitrogens with zero attached hydrogens (tertiary/aromatic N) is 1. The molecule has 0 saturated carbocycles. The maximum absolute atomic E-state index is 13.0. The van der Waals surface area contributed by atoms with Gasteiger partial charge in [-0.1, -0.05) is 33.8 Å². The molecule has 0 spiro atoms. The molecule has 0 aromatic heterocycles. The molecule has 2 N–H and O–H groups in total. The Hall–Kier alpha value is -2.05. The van der Waals surface area contributed by atoms with E-state index in [1.807, 2.05) is 20.8 Å². The first-order chi connectivity index (χ1) is 18.4. The molecular formula is C28H51NO10. The van der Waals surface area contributed by atoms with Gasteiger partial charge in [-0.2, -0.15) is 0 Å². The second-order valence-electron chi connectivity index (χ2n) is 10.4. The van der Waals surface area contributed by atoms with Crippen molar-refractivity contribution in [2.75, 3.05) is 41.6 Å². The topological polar surface area (TPSA) is 141 Å². The van der Waals surface area contributed by atoms with Crippen molar-refractivity contribution < 1.29 is 48.3 Å². The lowest BCUT2D eigenvalue weighted by molar-refractivity contribution is -0.173. The standard InChI is InChI=1S/C28H51NO10/c1-18(25(36-8)14-23(33)20(3)15-30)10-11-24(39-28(34)26(37-9)16-35-7)21(4)27(38-22(5)32)19(2)12-13-29(6)17-31/h12-13,17-21,23-27,30,33H,10-11,14-16H2,1-9H3/b13-12+/t18-,19+,20+,21-,23-,24+,25-,26+,27+/m0/s1. The molecule has 0 aliphatic heterocycles. The summed E-state index contributed by atoms with van der Waals surface area (Å²) < 4.78 is 27.6. The molecule has 0 bridgehead atoms. The number of carbonyl (C=O) groups excluding carboxylic acids is 3. The van der Waals surface area contributed by atoms with E-state index in [1.54, 1.807) is 33.4 Å². The number of aliphatic hydroxyl groups is 2. The van der Waals surface area contributed by atoms with Crippen LogP contribution < -0.4 is 0 Å². The van der Waals surface area contributed by atoms with E-state index in [-0.39, 0.29) is 37.1 Å². The van der Waals surface area contributed by atoms with Gasteiger partial charge in [0.2, 0.25) is 6.41 Å². The minimum absolute atomic E-state index is 0.0179. The van der Waals surface area contributed by atoms with Crippen LogP contribution in [0.25, 0.3) is 0 Å². The molecule has 0 fully saturated rings. The molecule has 0 saturated heterocycles. The molecule has 228 valence electrons. The quantitative estimate of drug-likeness (QED) is 0.158. The Kier molecular flexibility index (Phi) is 18.9. The number of esters is 2. The zero-order chi connectivity index (χ0) is 30.1. The van der Waals surface area contributed by atoms with Crippen LogP contribution in [0.15, 0.2) is 12.3 Å². The van der Waals surface area contributed by atoms with E-state index in [2.05, 4.69) is 0 Å². The van der Waals surface area contributed by atoms with Gasteiger partial charge in [0.25, 0.3) is 0 Å². The van der Waals surface area contributed by atoms with E-state index in [0.717, 1.165) is 0 Å². The van der Waals surface area contributed by atoms with E-state index in [4.69, 9.17) is 23.7 Å². The highest BCUT2D eigenvalue weighted by atomic mass is 16.6. The summed E-state index contributed by atoms with van der Waals surface area (Å²) in [4.78, 5) is 37.3. The van der Waals surface area contributed by atoms with Crippen LogP contribution in [0.5, 0.6) is 0 Å². The monoisotopic (exact) mass is 561 g/mol. The van der Waals surface area contributed by atoms with Crippen molar-refractivity contribution in [3.05, 3.63) is 12.3 Å². The summed E-state index contributed by atoms with van der Waals surface area (Å²) in [6.45, 7) is 8.67. The Labute approximate surface area is 233 Å². The van der Waals surface area contributed by atoms with Crippen molar-refractivity contribution in [3.63, 3.8) is 0 Å². The third-order valence-electron chi connectivity index (χ3n) is 7.11. The van der Waals surface area contributed by atoms with E-state index in [0.29, 0.717) is 25.7 Å². The lowest BCUT2D eigenvalue weighted by atomic mass is 9.84. The first-order valence-electron chi connectivity index (χ1n) is 13.4. The second-order valence-corrected chi connectivity index (χ2v) is 10.4. The SMILES string of the molecule is COC[C@@H](OC)C(=O)O[C@H](CC[C@H](C)[C@H](C[C@H](O)[C@H](C)CO)OC)[C@H](C)[C@H](OC(C)=O)[C@H](C)/C=C/N(C)C=O. The van der Waals surface area contributed by atoms with Gasteiger partial charge in [-0.3, -0.25) is 9.59 Å². The van der Waals surface area contributed by atoms with Crippen molar-refractivity contribution in [2.45, 2.75) is 84.4 Å². The number of aliphatic hydroxyl groups excluding tert-OH is 2. The molecule has 1 amide bonds. The Morgan fingerprint density at radius 3 is 2.08 bits per heavy atom. The second kappa shape index (κ2) is 19.9. The van der Waals surface area contributed by atoms with Crippen LogP contribution in [0, 0.1) is 23.7 Å². The molecule has 11 heteroatoms. The first-order valence-corrected chi connectivity index (χ1v) is 13.4. The number of rotatable bonds is 21. The van der Waals surface area contributed by atoms with Gasteiger partial charge in [0, 0.05) is 72.3 Å². The van der Waals surface area contributed by atoms with E-state index in [9.17, 15) is 24.6 Å². The summed E-state index contributed by atoms with van der Waals surface area (Å²) in [6.07, 6.45) is 2.11. The fourth-order valence-corrected chi connectivity index (χ4v) is 4.32. The molecule has 9 atom stereocenters. The van der Waals surface area contributed by atoms with Crippen molar-refractivity contribution in [1.29, 1.82) is 0 Å². The number of hydrogen-bond donors (Lipinski definition) is 2. The van der Waals surface area contributed by atoms with Crippen molar-refractivity contribution >= 4 is 18.3 Å². The van der Waals surface area contributed by atoms with Gasteiger partial charge in [-0.05, 0) is 18.8 Å². The minimum Gasteiger partial charge on any atom is -0.462 e. The Morgan fingerprint density at radius 1 is 0.949 bits per heavy atom. The molecule has 0 rings (SSSR count). The van der Waals surface area contributed by atoms with E-state index >= 15 is 0 Å². The van der Waals surface area contributed by atoms with E-state index in [1.165, 1.54) is 26.0 Å². The maximum atomic E-state index is 13.0. The highest BCUT2D eigenvalue weighted by molar-refractivity contribution is 5.75. The van der Waals surface area contributed by atoms with Gasteiger partial charge >= 0.3 is 11.9 Å². The summed E-state index contributed by atoms with van der Waals surface area (Å²) in [5.74, 6) is -2.10. The number of amides is 1. The predicted octanol–water partition coefficient (Wildman–Crippen LogP) is 2.18. The molecule has 11 nitrogen and oxygen atoms in total. The van der Waals surface area contributed by atoms with Crippen molar-refractivity contribution in [3.8, 4) is 0 Å². The fourth-order valence-electron chi connectivity index (χ4n) is 4.32. The zero-order valence-electron chi connectivity index (χ0n) is 25.1. The molecule has 0 unspecified atom stereocenters. The van der Waals surface area contributed by atoms with Gasteiger partial charge in [0.05, 0.1) is 18.8 Å². The number of carbonyl (C=O) groups is 3. The minimum atomic E-state index is -0.922. The predicted molar refractivity (Wildman–Crippen MR) is 145 cm³/mol. The largest absolute Gasteiger partial charge is 0.462 e. The molecule has 0 aliphatic carbocycles. The zero-order valence-corrected chi connectivity index (χ0v) is 25.1. The van der Waals surface area contributed by atoms with Crippen LogP contribution in [0.4, 0.5) is 0 Å². The van der Waals surface area contributed by atoms with Crippen LogP contribution in [-0.4, -0.2) is 106 Å². The molecule has 0 aliphatic rings. The van der Waals surface area contributed by atoms with Gasteiger partial charge in [-0.15, -0.1) is 0 Å². The summed E-state index contributed by atoms with van der Waals surface area (Å²) in [7, 11) is 6.02. The van der Waals surface area contributed by atoms with Gasteiger partial charge in [-0.25, -0.2) is 4.79 Å². The van der Waals surface area contributed by atoms with Crippen LogP contribution in [0.3, 0.4) is 0 Å². The van der Waals surface area contributed by atoms with Gasteiger partial charge < -0.3 is 38.8 Å².